The van der Waals surface area contributed by atoms with Crippen molar-refractivity contribution in [3.63, 3.8) is 0 Å². The molecule has 0 heterocycles. The quantitative estimate of drug-likeness (QED) is 0.676. The van der Waals surface area contributed by atoms with Crippen molar-refractivity contribution in [1.82, 2.24) is 0 Å². The largest absolute Gasteiger partial charge is 0.389 e. The van der Waals surface area contributed by atoms with E-state index in [2.05, 4.69) is 13.0 Å². The van der Waals surface area contributed by atoms with Crippen molar-refractivity contribution in [1.29, 1.82) is 0 Å². The third-order valence-corrected chi connectivity index (χ3v) is 4.38. The second-order valence-electron chi connectivity index (χ2n) is 4.92. The summed E-state index contributed by atoms with van der Waals surface area (Å²) in [6.45, 7) is 2.88. The number of hydrogen-bond acceptors (Lipinski definition) is 2. The lowest BCUT2D eigenvalue weighted by Crippen LogP contribution is -2.35. The summed E-state index contributed by atoms with van der Waals surface area (Å²) in [7, 11) is 0. The molecule has 0 saturated heterocycles. The highest BCUT2D eigenvalue weighted by Gasteiger charge is 2.55. The maximum absolute atomic E-state index is 9.87. The Bertz CT molecular complexity index is 259. The van der Waals surface area contributed by atoms with Gasteiger partial charge in [0.25, 0.3) is 0 Å². The molecule has 2 bridgehead atoms. The molecule has 6 atom stereocenters. The Balaban J connectivity index is 1.79. The van der Waals surface area contributed by atoms with E-state index in [1.54, 1.807) is 0 Å². The minimum absolute atomic E-state index is 0.196. The summed E-state index contributed by atoms with van der Waals surface area (Å²) in [4.78, 5) is 0. The average Bonchev–Trinajstić information content (AvgIpc) is 2.78. The summed E-state index contributed by atoms with van der Waals surface area (Å²) in [6.07, 6.45) is 6.96. The Morgan fingerprint density at radius 2 is 2.21 bits per heavy atom. The Labute approximate surface area is 85.0 Å². The number of aliphatic hydroxyl groups is 1. The minimum atomic E-state index is -0.196. The van der Waals surface area contributed by atoms with Gasteiger partial charge < -0.3 is 9.84 Å². The summed E-state index contributed by atoms with van der Waals surface area (Å²) < 4.78 is 5.75. The first-order valence-electron chi connectivity index (χ1n) is 5.79. The summed E-state index contributed by atoms with van der Waals surface area (Å²) in [6, 6.07) is 0. The Hall–Kier alpha value is -0.340. The summed E-state index contributed by atoms with van der Waals surface area (Å²) in [5.74, 6) is 2.54. The monoisotopic (exact) mass is 194 g/mol. The first-order chi connectivity index (χ1) is 6.81. The van der Waals surface area contributed by atoms with Gasteiger partial charge in [-0.05, 0) is 37.5 Å². The van der Waals surface area contributed by atoms with E-state index in [1.807, 2.05) is 6.08 Å². The number of allylic oxidation sites excluding steroid dienone is 1. The Morgan fingerprint density at radius 1 is 1.36 bits per heavy atom. The van der Waals surface area contributed by atoms with Crippen LogP contribution in [-0.2, 0) is 4.74 Å². The molecule has 0 amide bonds. The molecule has 1 N–H and O–H groups in total. The fraction of sp³-hybridized carbons (Fsp3) is 0.833. The van der Waals surface area contributed by atoms with Crippen molar-refractivity contribution in [3.05, 3.63) is 12.2 Å². The van der Waals surface area contributed by atoms with E-state index in [0.29, 0.717) is 23.9 Å². The van der Waals surface area contributed by atoms with Crippen LogP contribution in [0.25, 0.3) is 0 Å². The number of hydrogen-bond donors (Lipinski definition) is 1. The minimum Gasteiger partial charge on any atom is -0.389 e. The molecule has 14 heavy (non-hydrogen) atoms. The zero-order valence-electron chi connectivity index (χ0n) is 8.60. The molecule has 0 aromatic rings. The fourth-order valence-electron chi connectivity index (χ4n) is 3.93. The lowest BCUT2D eigenvalue weighted by Gasteiger charge is -2.32. The smallest absolute Gasteiger partial charge is 0.0758 e. The van der Waals surface area contributed by atoms with Gasteiger partial charge in [0.15, 0.2) is 0 Å². The average molecular weight is 194 g/mol. The van der Waals surface area contributed by atoms with E-state index in [9.17, 15) is 5.11 Å². The molecular formula is C12H18O2. The Morgan fingerprint density at radius 3 is 3.00 bits per heavy atom. The van der Waals surface area contributed by atoms with Crippen LogP contribution in [0.15, 0.2) is 12.2 Å². The van der Waals surface area contributed by atoms with Crippen molar-refractivity contribution in [2.45, 2.75) is 32.0 Å². The molecule has 2 fully saturated rings. The molecule has 0 aromatic carbocycles. The number of ether oxygens (including phenoxy) is 1. The van der Waals surface area contributed by atoms with Gasteiger partial charge in [-0.1, -0.05) is 12.2 Å². The SMILES string of the molecule is CCO[C@H]1C[C@H]2C[C@@H]1[C@H]1[C@@H]2C=C[C@@H]1O. The molecule has 3 aliphatic carbocycles. The van der Waals surface area contributed by atoms with E-state index in [1.165, 1.54) is 12.8 Å². The molecule has 0 aromatic heterocycles. The molecule has 78 valence electrons. The molecule has 0 spiro atoms. The topological polar surface area (TPSA) is 29.5 Å². The van der Waals surface area contributed by atoms with Crippen LogP contribution in [0.4, 0.5) is 0 Å². The van der Waals surface area contributed by atoms with Crippen LogP contribution in [0.2, 0.25) is 0 Å². The molecule has 2 saturated carbocycles. The van der Waals surface area contributed by atoms with Gasteiger partial charge in [-0.15, -0.1) is 0 Å². The first kappa shape index (κ1) is 8.93. The predicted octanol–water partition coefficient (Wildman–Crippen LogP) is 1.59. The maximum atomic E-state index is 9.87. The zero-order chi connectivity index (χ0) is 9.71. The third-order valence-electron chi connectivity index (χ3n) is 4.38. The molecule has 0 radical (unpaired) electrons. The highest BCUT2D eigenvalue weighted by molar-refractivity contribution is 5.18. The van der Waals surface area contributed by atoms with E-state index in [4.69, 9.17) is 4.74 Å². The number of fused-ring (bicyclic) bond motifs is 5. The number of aliphatic hydroxyl groups excluding tert-OH is 1. The van der Waals surface area contributed by atoms with Gasteiger partial charge in [0.05, 0.1) is 12.2 Å². The van der Waals surface area contributed by atoms with Crippen molar-refractivity contribution in [2.75, 3.05) is 6.61 Å². The van der Waals surface area contributed by atoms with E-state index < -0.39 is 0 Å². The second kappa shape index (κ2) is 3.07. The zero-order valence-corrected chi connectivity index (χ0v) is 8.60. The summed E-state index contributed by atoms with van der Waals surface area (Å²) in [5, 5.41) is 9.87. The molecule has 2 heteroatoms. The van der Waals surface area contributed by atoms with Crippen LogP contribution < -0.4 is 0 Å². The van der Waals surface area contributed by atoms with Crippen LogP contribution in [0, 0.1) is 23.7 Å². The lowest BCUT2D eigenvalue weighted by molar-refractivity contribution is -0.0243. The maximum Gasteiger partial charge on any atom is 0.0758 e. The van der Waals surface area contributed by atoms with Crippen molar-refractivity contribution in [2.24, 2.45) is 23.7 Å². The number of rotatable bonds is 2. The standard InChI is InChI=1S/C12H18O2/c1-2-14-11-6-7-5-9(11)12-8(7)3-4-10(12)13/h3-4,7-13H,2,5-6H2,1H3/t7-,8-,9+,10+,11+,12-/m1/s1. The Kier molecular flexibility index (Phi) is 1.96. The van der Waals surface area contributed by atoms with E-state index in [0.717, 1.165) is 12.5 Å². The highest BCUT2D eigenvalue weighted by Crippen LogP contribution is 2.57. The normalized spacial score (nSPS) is 54.1. The predicted molar refractivity (Wildman–Crippen MR) is 53.8 cm³/mol. The van der Waals surface area contributed by atoms with Gasteiger partial charge in [-0.3, -0.25) is 0 Å². The van der Waals surface area contributed by atoms with Crippen molar-refractivity contribution >= 4 is 0 Å². The van der Waals surface area contributed by atoms with Crippen LogP contribution in [0.3, 0.4) is 0 Å². The second-order valence-corrected chi connectivity index (χ2v) is 4.92. The van der Waals surface area contributed by atoms with Crippen LogP contribution >= 0.6 is 0 Å². The molecule has 2 nitrogen and oxygen atoms in total. The van der Waals surface area contributed by atoms with Crippen LogP contribution in [-0.4, -0.2) is 23.9 Å². The van der Waals surface area contributed by atoms with Crippen molar-refractivity contribution in [3.8, 4) is 0 Å². The van der Waals surface area contributed by atoms with Gasteiger partial charge in [-0.25, -0.2) is 0 Å². The summed E-state index contributed by atoms with van der Waals surface area (Å²) in [5.41, 5.74) is 0. The van der Waals surface area contributed by atoms with E-state index in [-0.39, 0.29) is 6.10 Å². The third kappa shape index (κ3) is 1.04. The highest BCUT2D eigenvalue weighted by atomic mass is 16.5. The lowest BCUT2D eigenvalue weighted by atomic mass is 9.79. The molecule has 0 unspecified atom stereocenters. The van der Waals surface area contributed by atoms with Gasteiger partial charge in [-0.2, -0.15) is 0 Å². The van der Waals surface area contributed by atoms with Gasteiger partial charge in [0.1, 0.15) is 0 Å². The van der Waals surface area contributed by atoms with E-state index >= 15 is 0 Å². The molecule has 0 aliphatic heterocycles. The van der Waals surface area contributed by atoms with Crippen LogP contribution in [0.5, 0.6) is 0 Å². The molecule has 3 aliphatic rings. The van der Waals surface area contributed by atoms with Gasteiger partial charge in [0.2, 0.25) is 0 Å². The van der Waals surface area contributed by atoms with Gasteiger partial charge >= 0.3 is 0 Å². The van der Waals surface area contributed by atoms with Crippen LogP contribution in [0.1, 0.15) is 19.8 Å². The fourth-order valence-corrected chi connectivity index (χ4v) is 3.93. The summed E-state index contributed by atoms with van der Waals surface area (Å²) >= 11 is 0. The molecular weight excluding hydrogens is 176 g/mol. The van der Waals surface area contributed by atoms with Crippen molar-refractivity contribution < 1.29 is 9.84 Å². The van der Waals surface area contributed by atoms with Gasteiger partial charge in [0, 0.05) is 12.5 Å². The molecule has 3 rings (SSSR count). The first-order valence-corrected chi connectivity index (χ1v) is 5.79.